The summed E-state index contributed by atoms with van der Waals surface area (Å²) >= 11 is 0. The highest BCUT2D eigenvalue weighted by Gasteiger charge is 2.24. The van der Waals surface area contributed by atoms with Gasteiger partial charge in [-0.2, -0.15) is 0 Å². The maximum atomic E-state index is 11.4. The summed E-state index contributed by atoms with van der Waals surface area (Å²) < 4.78 is 34.1. The summed E-state index contributed by atoms with van der Waals surface area (Å²) in [6.45, 7) is 2.91. The Hall–Kier alpha value is 0.290. The van der Waals surface area contributed by atoms with Crippen LogP contribution in [0.25, 0.3) is 0 Å². The molecule has 1 heterocycles. The van der Waals surface area contributed by atoms with Crippen molar-refractivity contribution in [3.8, 4) is 0 Å². The molecule has 13 nitrogen and oxygen atoms in total. The standard InChI is InChI=1S/C13H33N4O9P3/c18-27(19,20)11-15-6-2-7-17(13-29(24,25)26)10-9-16(12-28(21,22)23)5-1-3-14-4-8-15/h14H,1-13H2,(H2,18,19,20)(H2,21,22,23)(H2,24,25,26). The molecule has 1 saturated heterocycles. The molecule has 0 unspecified atom stereocenters. The molecule has 16 heteroatoms. The smallest absolute Gasteiger partial charge is 0.324 e. The predicted octanol–water partition coefficient (Wildman–Crippen LogP) is -1.32. The van der Waals surface area contributed by atoms with Crippen LogP contribution in [0.2, 0.25) is 0 Å². The number of rotatable bonds is 6. The number of hydrogen-bond acceptors (Lipinski definition) is 7. The molecule has 0 spiro atoms. The highest BCUT2D eigenvalue weighted by Crippen LogP contribution is 2.37. The lowest BCUT2D eigenvalue weighted by molar-refractivity contribution is 0.199. The van der Waals surface area contributed by atoms with Crippen molar-refractivity contribution in [2.24, 2.45) is 0 Å². The summed E-state index contributed by atoms with van der Waals surface area (Å²) in [6, 6.07) is 0. The molecule has 29 heavy (non-hydrogen) atoms. The van der Waals surface area contributed by atoms with Crippen LogP contribution >= 0.6 is 22.8 Å². The molecule has 174 valence electrons. The second-order valence-corrected chi connectivity index (χ2v) is 12.1. The van der Waals surface area contributed by atoms with Crippen LogP contribution in [-0.2, 0) is 13.7 Å². The Morgan fingerprint density at radius 3 is 1.34 bits per heavy atom. The third-order valence-corrected chi connectivity index (χ3v) is 6.57. The molecule has 0 aliphatic carbocycles. The zero-order valence-corrected chi connectivity index (χ0v) is 19.0. The third kappa shape index (κ3) is 15.7. The largest absolute Gasteiger partial charge is 0.339 e. The summed E-state index contributed by atoms with van der Waals surface area (Å²) in [6.07, 6.45) is -0.275. The van der Waals surface area contributed by atoms with Crippen molar-refractivity contribution in [3.63, 3.8) is 0 Å². The van der Waals surface area contributed by atoms with E-state index in [0.717, 1.165) is 0 Å². The van der Waals surface area contributed by atoms with E-state index in [1.165, 1.54) is 4.90 Å². The molecular weight excluding hydrogens is 449 g/mol. The molecule has 1 aliphatic heterocycles. The van der Waals surface area contributed by atoms with Crippen molar-refractivity contribution in [1.29, 1.82) is 0 Å². The maximum Gasteiger partial charge on any atom is 0.339 e. The van der Waals surface area contributed by atoms with E-state index in [9.17, 15) is 43.1 Å². The van der Waals surface area contributed by atoms with Gasteiger partial charge in [-0.25, -0.2) is 0 Å². The van der Waals surface area contributed by atoms with Crippen LogP contribution in [0.15, 0.2) is 0 Å². The zero-order valence-electron chi connectivity index (χ0n) is 16.3. The highest BCUT2D eigenvalue weighted by molar-refractivity contribution is 7.52. The zero-order chi connectivity index (χ0) is 22.1. The van der Waals surface area contributed by atoms with Crippen molar-refractivity contribution < 1.29 is 43.1 Å². The van der Waals surface area contributed by atoms with Crippen molar-refractivity contribution in [1.82, 2.24) is 20.0 Å². The lowest BCUT2D eigenvalue weighted by atomic mass is 10.3. The topological polar surface area (TPSA) is 194 Å². The van der Waals surface area contributed by atoms with Crippen molar-refractivity contribution in [3.05, 3.63) is 0 Å². The quantitative estimate of drug-likeness (QED) is 0.221. The molecule has 0 bridgehead atoms. The molecule has 1 fully saturated rings. The number of nitrogens with zero attached hydrogens (tertiary/aromatic N) is 3. The fraction of sp³-hybridized carbons (Fsp3) is 1.00. The number of nitrogens with one attached hydrogen (secondary N) is 1. The SMILES string of the molecule is O=P(O)(O)CN1CCCN(CP(=O)(O)O)CCN(CP(=O)(O)O)CCCNCC1. The maximum absolute atomic E-state index is 11.4. The van der Waals surface area contributed by atoms with Gasteiger partial charge in [-0.3, -0.25) is 28.4 Å². The lowest BCUT2D eigenvalue weighted by Crippen LogP contribution is -2.40. The van der Waals surface area contributed by atoms with Gasteiger partial charge in [0.15, 0.2) is 0 Å². The minimum absolute atomic E-state index is 0.205. The lowest BCUT2D eigenvalue weighted by Gasteiger charge is -2.30. The van der Waals surface area contributed by atoms with Gasteiger partial charge in [0.1, 0.15) is 18.9 Å². The van der Waals surface area contributed by atoms with Gasteiger partial charge in [0.05, 0.1) is 0 Å². The first kappa shape index (κ1) is 27.3. The van der Waals surface area contributed by atoms with Gasteiger partial charge in [-0.1, -0.05) is 0 Å². The second-order valence-electron chi connectivity index (χ2n) is 7.23. The Morgan fingerprint density at radius 1 is 0.552 bits per heavy atom. The van der Waals surface area contributed by atoms with Gasteiger partial charge >= 0.3 is 22.8 Å². The van der Waals surface area contributed by atoms with E-state index in [-0.39, 0.29) is 25.9 Å². The molecule has 7 N–H and O–H groups in total. The Balaban J connectivity index is 2.81. The Bertz CT molecular complexity index is 623. The van der Waals surface area contributed by atoms with Crippen LogP contribution in [0.4, 0.5) is 0 Å². The minimum atomic E-state index is -4.33. The molecule has 0 saturated carbocycles. The summed E-state index contributed by atoms with van der Waals surface area (Å²) in [5.41, 5.74) is 0. The van der Waals surface area contributed by atoms with Gasteiger partial charge in [0.25, 0.3) is 0 Å². The van der Waals surface area contributed by atoms with Crippen molar-refractivity contribution >= 4 is 22.8 Å². The Morgan fingerprint density at radius 2 is 0.931 bits per heavy atom. The summed E-state index contributed by atoms with van der Waals surface area (Å²) in [5, 5.41) is 3.15. The van der Waals surface area contributed by atoms with Gasteiger partial charge in [0, 0.05) is 45.8 Å². The molecule has 0 radical (unpaired) electrons. The van der Waals surface area contributed by atoms with E-state index in [1.54, 1.807) is 9.80 Å². The monoisotopic (exact) mass is 482 g/mol. The molecule has 1 aliphatic rings. The summed E-state index contributed by atoms with van der Waals surface area (Å²) in [7, 11) is -12.8. The highest BCUT2D eigenvalue weighted by atomic mass is 31.2. The fourth-order valence-corrected chi connectivity index (χ4v) is 5.54. The van der Waals surface area contributed by atoms with Crippen molar-refractivity contribution in [2.75, 3.05) is 71.2 Å². The normalized spacial score (nSPS) is 21.7. The van der Waals surface area contributed by atoms with E-state index in [1.807, 2.05) is 0 Å². The first-order chi connectivity index (χ1) is 13.2. The molecule has 0 aromatic heterocycles. The van der Waals surface area contributed by atoms with E-state index in [4.69, 9.17) is 0 Å². The third-order valence-electron chi connectivity index (χ3n) is 4.27. The minimum Gasteiger partial charge on any atom is -0.324 e. The van der Waals surface area contributed by atoms with Crippen LogP contribution in [-0.4, -0.2) is 115 Å². The van der Waals surface area contributed by atoms with E-state index >= 15 is 0 Å². The molecular formula is C13H33N4O9P3. The van der Waals surface area contributed by atoms with Crippen LogP contribution in [0.3, 0.4) is 0 Å². The summed E-state index contributed by atoms with van der Waals surface area (Å²) in [5.74, 6) is 0. The van der Waals surface area contributed by atoms with Gasteiger partial charge < -0.3 is 34.7 Å². The second kappa shape index (κ2) is 12.4. The molecule has 0 atom stereocenters. The fourth-order valence-electron chi connectivity index (χ4n) is 3.13. The van der Waals surface area contributed by atoms with E-state index in [0.29, 0.717) is 45.6 Å². The number of hydrogen-bond donors (Lipinski definition) is 7. The van der Waals surface area contributed by atoms with Crippen LogP contribution < -0.4 is 5.32 Å². The molecule has 0 aromatic carbocycles. The average molecular weight is 482 g/mol. The molecule has 0 aromatic rings. The van der Waals surface area contributed by atoms with Gasteiger partial charge in [0.2, 0.25) is 0 Å². The van der Waals surface area contributed by atoms with Crippen molar-refractivity contribution in [2.45, 2.75) is 12.8 Å². The molecule has 0 amide bonds. The summed E-state index contributed by atoms with van der Waals surface area (Å²) in [4.78, 5) is 60.3. The predicted molar refractivity (Wildman–Crippen MR) is 108 cm³/mol. The van der Waals surface area contributed by atoms with Gasteiger partial charge in [-0.05, 0) is 19.4 Å². The van der Waals surface area contributed by atoms with Crippen LogP contribution in [0.5, 0.6) is 0 Å². The van der Waals surface area contributed by atoms with E-state index < -0.39 is 35.4 Å². The first-order valence-electron chi connectivity index (χ1n) is 9.25. The Labute approximate surface area is 170 Å². The van der Waals surface area contributed by atoms with Gasteiger partial charge in [-0.15, -0.1) is 0 Å². The van der Waals surface area contributed by atoms with E-state index in [2.05, 4.69) is 5.32 Å². The average Bonchev–Trinajstić information content (AvgIpc) is 2.50. The Kier molecular flexibility index (Phi) is 11.6. The molecule has 1 rings (SSSR count). The van der Waals surface area contributed by atoms with Crippen LogP contribution in [0.1, 0.15) is 12.8 Å². The first-order valence-corrected chi connectivity index (χ1v) is 14.6. The van der Waals surface area contributed by atoms with Crippen LogP contribution in [0, 0.1) is 0 Å².